The molecule has 1 aliphatic rings. The van der Waals surface area contributed by atoms with Gasteiger partial charge >= 0.3 is 0 Å². The molecule has 3 N–H and O–H groups in total. The van der Waals surface area contributed by atoms with Crippen molar-refractivity contribution in [1.82, 2.24) is 9.88 Å². The molecule has 0 radical (unpaired) electrons. The maximum atomic E-state index is 13.1. The Morgan fingerprint density at radius 3 is 2.34 bits per heavy atom. The number of halogens is 2. The molecule has 0 saturated carbocycles. The van der Waals surface area contributed by atoms with Gasteiger partial charge in [-0.25, -0.2) is 0 Å². The van der Waals surface area contributed by atoms with Crippen LogP contribution in [0.1, 0.15) is 46.0 Å². The number of piperidine rings is 1. The van der Waals surface area contributed by atoms with Crippen LogP contribution in [0.25, 0.3) is 0 Å². The third-order valence-electron chi connectivity index (χ3n) is 5.25. The molecule has 3 rings (SSSR count). The van der Waals surface area contributed by atoms with Crippen LogP contribution in [-0.4, -0.2) is 40.8 Å². The van der Waals surface area contributed by atoms with E-state index in [1.807, 2.05) is 30.9 Å². The van der Waals surface area contributed by atoms with Crippen LogP contribution in [0.5, 0.6) is 0 Å². The number of nitrogens with zero attached hydrogens (tertiary/aromatic N) is 2. The molecule has 0 spiro atoms. The molecular weight excluding hydrogens is 411 g/mol. The van der Waals surface area contributed by atoms with Gasteiger partial charge in [0, 0.05) is 37.1 Å². The third kappa shape index (κ3) is 5.92. The highest BCUT2D eigenvalue weighted by atomic mass is 35.5. The fourth-order valence-corrected chi connectivity index (χ4v) is 3.50. The third-order valence-corrected chi connectivity index (χ3v) is 5.25. The van der Waals surface area contributed by atoms with Gasteiger partial charge in [0.15, 0.2) is 0 Å². The molecule has 1 aromatic heterocycles. The summed E-state index contributed by atoms with van der Waals surface area (Å²) in [4.78, 5) is 31.4. The Bertz CT molecular complexity index is 823. The average Bonchev–Trinajstić information content (AvgIpc) is 2.69. The number of aromatic nitrogens is 1. The summed E-state index contributed by atoms with van der Waals surface area (Å²) in [6.07, 6.45) is 4.96. The van der Waals surface area contributed by atoms with Gasteiger partial charge < -0.3 is 16.0 Å². The van der Waals surface area contributed by atoms with E-state index >= 15 is 0 Å². The molecule has 29 heavy (non-hydrogen) atoms. The Labute approximate surface area is 184 Å². The van der Waals surface area contributed by atoms with Crippen molar-refractivity contribution in [3.8, 4) is 0 Å². The summed E-state index contributed by atoms with van der Waals surface area (Å²) in [6.45, 7) is 5.30. The van der Waals surface area contributed by atoms with Crippen molar-refractivity contribution >= 4 is 42.3 Å². The van der Waals surface area contributed by atoms with Gasteiger partial charge in [-0.05, 0) is 56.4 Å². The number of para-hydroxylation sites is 1. The van der Waals surface area contributed by atoms with Crippen molar-refractivity contribution in [2.75, 3.05) is 18.4 Å². The Morgan fingerprint density at radius 2 is 1.76 bits per heavy atom. The van der Waals surface area contributed by atoms with Gasteiger partial charge in [0.1, 0.15) is 0 Å². The smallest absolute Gasteiger partial charge is 0.255 e. The molecule has 1 atom stereocenters. The van der Waals surface area contributed by atoms with Gasteiger partial charge in [-0.3, -0.25) is 14.6 Å². The van der Waals surface area contributed by atoms with Crippen molar-refractivity contribution in [2.24, 2.45) is 11.7 Å². The second kappa shape index (κ2) is 11.1. The number of aryl methyl sites for hydroxylation is 1. The number of rotatable bonds is 4. The monoisotopic (exact) mass is 438 g/mol. The van der Waals surface area contributed by atoms with E-state index in [2.05, 4.69) is 10.3 Å². The topological polar surface area (TPSA) is 88.3 Å². The first kappa shape index (κ1) is 24.9. The fraction of sp³-hybridized carbons (Fsp3) is 0.381. The molecule has 0 bridgehead atoms. The number of carbonyl (C=O) groups excluding carboxylic acids is 2. The zero-order valence-corrected chi connectivity index (χ0v) is 18.3. The number of hydrogen-bond donors (Lipinski definition) is 2. The first-order valence-corrected chi connectivity index (χ1v) is 9.33. The van der Waals surface area contributed by atoms with Gasteiger partial charge in [-0.1, -0.05) is 12.1 Å². The maximum absolute atomic E-state index is 13.1. The van der Waals surface area contributed by atoms with E-state index in [4.69, 9.17) is 5.73 Å². The van der Waals surface area contributed by atoms with Crippen LogP contribution >= 0.6 is 24.8 Å². The highest BCUT2D eigenvalue weighted by Crippen LogP contribution is 2.26. The Balaban J connectivity index is 0.00000210. The molecule has 2 amide bonds. The van der Waals surface area contributed by atoms with Crippen LogP contribution in [0.3, 0.4) is 0 Å². The van der Waals surface area contributed by atoms with Gasteiger partial charge in [-0.15, -0.1) is 24.8 Å². The van der Waals surface area contributed by atoms with E-state index in [1.165, 1.54) is 0 Å². The normalized spacial score (nSPS) is 14.9. The molecule has 1 saturated heterocycles. The minimum absolute atomic E-state index is 0. The first-order chi connectivity index (χ1) is 13.0. The number of nitrogens with two attached hydrogens (primary N) is 1. The number of hydrogen-bond acceptors (Lipinski definition) is 4. The summed E-state index contributed by atoms with van der Waals surface area (Å²) in [7, 11) is 0. The lowest BCUT2D eigenvalue weighted by Gasteiger charge is -2.34. The number of nitrogens with one attached hydrogen (secondary N) is 1. The van der Waals surface area contributed by atoms with Gasteiger partial charge in [0.2, 0.25) is 0 Å². The van der Waals surface area contributed by atoms with Crippen LogP contribution in [0, 0.1) is 12.8 Å². The van der Waals surface area contributed by atoms with Gasteiger partial charge in [0.25, 0.3) is 11.8 Å². The molecule has 158 valence electrons. The summed E-state index contributed by atoms with van der Waals surface area (Å²) in [5.41, 5.74) is 8.45. The summed E-state index contributed by atoms with van der Waals surface area (Å²) < 4.78 is 0. The van der Waals surface area contributed by atoms with E-state index in [-0.39, 0.29) is 42.7 Å². The summed E-state index contributed by atoms with van der Waals surface area (Å²) in [6, 6.07) is 8.95. The Kier molecular flexibility index (Phi) is 9.56. The molecule has 2 aromatic rings. The molecule has 1 unspecified atom stereocenters. The highest BCUT2D eigenvalue weighted by molar-refractivity contribution is 6.09. The average molecular weight is 439 g/mol. The van der Waals surface area contributed by atoms with E-state index in [1.54, 1.807) is 30.6 Å². The minimum atomic E-state index is -0.253. The second-order valence-corrected chi connectivity index (χ2v) is 7.18. The quantitative estimate of drug-likeness (QED) is 0.761. The lowest BCUT2D eigenvalue weighted by atomic mass is 9.90. The summed E-state index contributed by atoms with van der Waals surface area (Å²) in [5, 5.41) is 2.91. The lowest BCUT2D eigenvalue weighted by Crippen LogP contribution is -2.42. The van der Waals surface area contributed by atoms with E-state index in [0.29, 0.717) is 35.8 Å². The van der Waals surface area contributed by atoms with Gasteiger partial charge in [-0.2, -0.15) is 0 Å². The van der Waals surface area contributed by atoms with Crippen LogP contribution in [-0.2, 0) is 0 Å². The molecule has 0 aliphatic carbocycles. The number of pyridine rings is 1. The molecular formula is C21H28Cl2N4O2. The summed E-state index contributed by atoms with van der Waals surface area (Å²) in [5.74, 6) is 0.153. The number of amides is 2. The molecule has 1 aromatic carbocycles. The maximum Gasteiger partial charge on any atom is 0.255 e. The lowest BCUT2D eigenvalue weighted by molar-refractivity contribution is 0.0682. The van der Waals surface area contributed by atoms with E-state index in [0.717, 1.165) is 18.4 Å². The summed E-state index contributed by atoms with van der Waals surface area (Å²) >= 11 is 0. The number of anilines is 1. The van der Waals surface area contributed by atoms with Crippen molar-refractivity contribution in [3.63, 3.8) is 0 Å². The second-order valence-electron chi connectivity index (χ2n) is 7.18. The van der Waals surface area contributed by atoms with Gasteiger partial charge in [0.05, 0.1) is 11.3 Å². The zero-order valence-electron chi connectivity index (χ0n) is 16.6. The van der Waals surface area contributed by atoms with Crippen molar-refractivity contribution in [1.29, 1.82) is 0 Å². The standard InChI is InChI=1S/C21H26N4O2.2ClH/c1-14-4-3-5-18(19(14)24-20(26)17-6-10-23-11-7-17)21(27)25-12-8-16(9-13-25)15(2)22;;/h3-7,10-11,15-16H,8-9,12-13,22H2,1-2H3,(H,24,26);2*1H. The van der Waals surface area contributed by atoms with E-state index < -0.39 is 0 Å². The van der Waals surface area contributed by atoms with Crippen molar-refractivity contribution in [3.05, 3.63) is 59.4 Å². The molecule has 1 aliphatic heterocycles. The molecule has 2 heterocycles. The zero-order chi connectivity index (χ0) is 19.4. The first-order valence-electron chi connectivity index (χ1n) is 9.33. The van der Waals surface area contributed by atoms with Crippen molar-refractivity contribution in [2.45, 2.75) is 32.7 Å². The van der Waals surface area contributed by atoms with Crippen LogP contribution in [0.15, 0.2) is 42.7 Å². The van der Waals surface area contributed by atoms with E-state index in [9.17, 15) is 9.59 Å². The van der Waals surface area contributed by atoms with Crippen LogP contribution in [0.2, 0.25) is 0 Å². The van der Waals surface area contributed by atoms with Crippen molar-refractivity contribution < 1.29 is 9.59 Å². The molecule has 8 heteroatoms. The Hall–Kier alpha value is -2.15. The number of likely N-dealkylation sites (tertiary alicyclic amines) is 1. The predicted octanol–water partition coefficient (Wildman–Crippen LogP) is 3.69. The largest absolute Gasteiger partial charge is 0.339 e. The molecule has 6 nitrogen and oxygen atoms in total. The highest BCUT2D eigenvalue weighted by Gasteiger charge is 2.27. The van der Waals surface area contributed by atoms with Crippen LogP contribution in [0.4, 0.5) is 5.69 Å². The minimum Gasteiger partial charge on any atom is -0.339 e. The van der Waals surface area contributed by atoms with Crippen LogP contribution < -0.4 is 11.1 Å². The molecule has 1 fully saturated rings. The Morgan fingerprint density at radius 1 is 1.14 bits per heavy atom. The predicted molar refractivity (Wildman–Crippen MR) is 120 cm³/mol. The number of benzene rings is 1. The fourth-order valence-electron chi connectivity index (χ4n) is 3.50. The number of carbonyl (C=O) groups is 2. The SMILES string of the molecule is Cc1cccc(C(=O)N2CCC(C(C)N)CC2)c1NC(=O)c1ccncc1.Cl.Cl.